The number of benzene rings is 1. The lowest BCUT2D eigenvalue weighted by Gasteiger charge is -2.22. The van der Waals surface area contributed by atoms with Crippen molar-refractivity contribution in [1.82, 2.24) is 4.90 Å². The molecule has 0 radical (unpaired) electrons. The van der Waals surface area contributed by atoms with Crippen molar-refractivity contribution < 1.29 is 19.1 Å². The molecule has 4 rings (SSSR count). The monoisotopic (exact) mass is 341 g/mol. The van der Waals surface area contributed by atoms with E-state index in [1.165, 1.54) is 5.56 Å². The zero-order chi connectivity index (χ0) is 17.4. The van der Waals surface area contributed by atoms with Crippen LogP contribution < -0.4 is 0 Å². The fraction of sp³-hybridized carbons (Fsp3) is 0.500. The van der Waals surface area contributed by atoms with Crippen LogP contribution in [0.4, 0.5) is 0 Å². The second-order valence-corrected chi connectivity index (χ2v) is 7.06. The Bertz CT molecular complexity index is 701. The molecule has 5 nitrogen and oxygen atoms in total. The molecule has 3 heterocycles. The van der Waals surface area contributed by atoms with Crippen LogP contribution >= 0.6 is 0 Å². The van der Waals surface area contributed by atoms with Gasteiger partial charge in [-0.15, -0.1) is 0 Å². The molecule has 3 aliphatic heterocycles. The van der Waals surface area contributed by atoms with Gasteiger partial charge in [-0.1, -0.05) is 49.4 Å². The summed E-state index contributed by atoms with van der Waals surface area (Å²) in [5.41, 5.74) is 0.554. The minimum absolute atomic E-state index is 0.0150. The molecule has 5 heteroatoms. The predicted molar refractivity (Wildman–Crippen MR) is 91.7 cm³/mol. The fourth-order valence-electron chi connectivity index (χ4n) is 4.24. The second kappa shape index (κ2) is 6.30. The summed E-state index contributed by atoms with van der Waals surface area (Å²) in [6, 6.07) is 10.1. The molecule has 1 aromatic rings. The molecule has 0 aliphatic carbocycles. The van der Waals surface area contributed by atoms with Crippen molar-refractivity contribution in [3.05, 3.63) is 48.0 Å². The van der Waals surface area contributed by atoms with Crippen LogP contribution in [0.15, 0.2) is 42.5 Å². The number of ether oxygens (including phenoxy) is 2. The molecule has 25 heavy (non-hydrogen) atoms. The van der Waals surface area contributed by atoms with Crippen molar-refractivity contribution in [2.45, 2.75) is 31.5 Å². The molecular weight excluding hydrogens is 318 g/mol. The maximum atomic E-state index is 13.0. The molecule has 0 saturated carbocycles. The van der Waals surface area contributed by atoms with Crippen LogP contribution in [0.1, 0.15) is 18.9 Å². The van der Waals surface area contributed by atoms with E-state index in [1.807, 2.05) is 42.2 Å². The van der Waals surface area contributed by atoms with Gasteiger partial charge in [0.1, 0.15) is 11.5 Å². The van der Waals surface area contributed by atoms with Gasteiger partial charge in [0.25, 0.3) is 0 Å². The zero-order valence-electron chi connectivity index (χ0n) is 14.4. The number of hydrogen-bond donors (Lipinski definition) is 0. The van der Waals surface area contributed by atoms with Crippen molar-refractivity contribution in [1.29, 1.82) is 0 Å². The van der Waals surface area contributed by atoms with Crippen LogP contribution in [0.25, 0.3) is 0 Å². The molecular formula is C20H23NO4. The summed E-state index contributed by atoms with van der Waals surface area (Å²) >= 11 is 0. The van der Waals surface area contributed by atoms with Gasteiger partial charge in [0.05, 0.1) is 25.2 Å². The van der Waals surface area contributed by atoms with Crippen molar-refractivity contribution >= 4 is 11.9 Å². The summed E-state index contributed by atoms with van der Waals surface area (Å²) < 4.78 is 11.4. The number of carbonyl (C=O) groups excluding carboxylic acids is 2. The highest BCUT2D eigenvalue weighted by Crippen LogP contribution is 2.52. The smallest absolute Gasteiger partial charge is 0.312 e. The van der Waals surface area contributed by atoms with E-state index in [0.717, 1.165) is 12.8 Å². The lowest BCUT2D eigenvalue weighted by molar-refractivity contribution is -0.153. The quantitative estimate of drug-likeness (QED) is 0.586. The molecule has 0 aromatic heterocycles. The van der Waals surface area contributed by atoms with Crippen molar-refractivity contribution in [3.63, 3.8) is 0 Å². The van der Waals surface area contributed by atoms with E-state index in [2.05, 4.69) is 12.1 Å². The number of fused-ring (bicyclic) bond motifs is 1. The first kappa shape index (κ1) is 16.3. The van der Waals surface area contributed by atoms with Crippen LogP contribution in [-0.2, 0) is 25.5 Å². The largest absolute Gasteiger partial charge is 0.465 e. The number of amides is 1. The average Bonchev–Trinajstić information content (AvgIpc) is 3.27. The van der Waals surface area contributed by atoms with Crippen LogP contribution in [0.2, 0.25) is 0 Å². The molecule has 2 saturated heterocycles. The van der Waals surface area contributed by atoms with E-state index in [0.29, 0.717) is 19.7 Å². The Hall–Kier alpha value is -2.14. The maximum absolute atomic E-state index is 13.0. The molecule has 1 aromatic carbocycles. The topological polar surface area (TPSA) is 55.8 Å². The number of hydrogen-bond acceptors (Lipinski definition) is 4. The standard InChI is InChI=1S/C20H23NO4/c1-2-12-24-19(23)16-15-8-10-20(25-15)13-21(18(22)17(16)20)11-9-14-6-4-3-5-7-14/h3-8,10,15-17H,2,9,11-13H2,1H3/t15-,16+,17+,20-/m1/s1. The van der Waals surface area contributed by atoms with E-state index < -0.39 is 17.4 Å². The highest BCUT2D eigenvalue weighted by Gasteiger charge is 2.67. The SMILES string of the molecule is CCCOC(=O)[C@@H]1[C@H]2C(=O)N(CCc3ccccc3)C[C@]23C=C[C@H]1O3. The molecule has 2 fully saturated rings. The minimum Gasteiger partial charge on any atom is -0.465 e. The minimum atomic E-state index is -0.645. The van der Waals surface area contributed by atoms with Gasteiger partial charge in [0.15, 0.2) is 0 Å². The van der Waals surface area contributed by atoms with E-state index in [1.54, 1.807) is 0 Å². The van der Waals surface area contributed by atoms with Crippen molar-refractivity contribution in [3.8, 4) is 0 Å². The van der Waals surface area contributed by atoms with Gasteiger partial charge < -0.3 is 14.4 Å². The molecule has 4 atom stereocenters. The molecule has 0 unspecified atom stereocenters. The fourth-order valence-corrected chi connectivity index (χ4v) is 4.24. The van der Waals surface area contributed by atoms with Gasteiger partial charge in [-0.25, -0.2) is 0 Å². The summed E-state index contributed by atoms with van der Waals surface area (Å²) in [4.78, 5) is 27.3. The Kier molecular flexibility index (Phi) is 4.12. The molecule has 132 valence electrons. The zero-order valence-corrected chi connectivity index (χ0v) is 14.4. The Morgan fingerprint density at radius 1 is 1.36 bits per heavy atom. The van der Waals surface area contributed by atoms with Crippen LogP contribution in [0.5, 0.6) is 0 Å². The Balaban J connectivity index is 1.48. The Labute approximate surface area is 147 Å². The third-order valence-electron chi connectivity index (χ3n) is 5.41. The van der Waals surface area contributed by atoms with Gasteiger partial charge in [0.2, 0.25) is 5.91 Å². The lowest BCUT2D eigenvalue weighted by atomic mass is 9.77. The van der Waals surface area contributed by atoms with E-state index >= 15 is 0 Å². The van der Waals surface area contributed by atoms with Gasteiger partial charge in [-0.05, 0) is 18.4 Å². The van der Waals surface area contributed by atoms with Crippen LogP contribution in [0.3, 0.4) is 0 Å². The van der Waals surface area contributed by atoms with Gasteiger partial charge in [-0.2, -0.15) is 0 Å². The summed E-state index contributed by atoms with van der Waals surface area (Å²) in [5.74, 6) is -1.24. The van der Waals surface area contributed by atoms with E-state index in [4.69, 9.17) is 9.47 Å². The number of nitrogens with zero attached hydrogens (tertiary/aromatic N) is 1. The van der Waals surface area contributed by atoms with E-state index in [-0.39, 0.29) is 18.0 Å². The van der Waals surface area contributed by atoms with Crippen molar-refractivity contribution in [2.24, 2.45) is 11.8 Å². The summed E-state index contributed by atoms with van der Waals surface area (Å²) in [5, 5.41) is 0. The number of carbonyl (C=O) groups is 2. The van der Waals surface area contributed by atoms with Crippen molar-refractivity contribution in [2.75, 3.05) is 19.7 Å². The van der Waals surface area contributed by atoms with Gasteiger partial charge in [-0.3, -0.25) is 9.59 Å². The van der Waals surface area contributed by atoms with Gasteiger partial charge >= 0.3 is 5.97 Å². The Morgan fingerprint density at radius 2 is 2.16 bits per heavy atom. The van der Waals surface area contributed by atoms with Crippen LogP contribution in [0, 0.1) is 11.8 Å². The number of rotatable bonds is 6. The maximum Gasteiger partial charge on any atom is 0.312 e. The molecule has 3 aliphatic rings. The predicted octanol–water partition coefficient (Wildman–Crippen LogP) is 1.96. The van der Waals surface area contributed by atoms with E-state index in [9.17, 15) is 9.59 Å². The first-order valence-corrected chi connectivity index (χ1v) is 9.01. The molecule has 2 bridgehead atoms. The first-order valence-electron chi connectivity index (χ1n) is 9.01. The third-order valence-corrected chi connectivity index (χ3v) is 5.41. The highest BCUT2D eigenvalue weighted by molar-refractivity contribution is 5.91. The summed E-state index contributed by atoms with van der Waals surface area (Å²) in [6.45, 7) is 3.50. The lowest BCUT2D eigenvalue weighted by Crippen LogP contribution is -2.40. The molecule has 1 amide bonds. The van der Waals surface area contributed by atoms with Crippen LogP contribution in [-0.4, -0.2) is 48.2 Å². The molecule has 1 spiro atoms. The summed E-state index contributed by atoms with van der Waals surface area (Å²) in [7, 11) is 0. The normalized spacial score (nSPS) is 32.3. The van der Waals surface area contributed by atoms with Gasteiger partial charge in [0, 0.05) is 6.54 Å². The highest BCUT2D eigenvalue weighted by atomic mass is 16.6. The molecule has 0 N–H and O–H groups in total. The second-order valence-electron chi connectivity index (χ2n) is 7.06. The Morgan fingerprint density at radius 3 is 2.92 bits per heavy atom. The number of likely N-dealkylation sites (tertiary alicyclic amines) is 1. The third kappa shape index (κ3) is 2.67. The number of esters is 1. The first-order chi connectivity index (χ1) is 12.1. The average molecular weight is 341 g/mol. The summed E-state index contributed by atoms with van der Waals surface area (Å²) in [6.07, 6.45) is 5.14.